The molecule has 0 bridgehead atoms. The van der Waals surface area contributed by atoms with Gasteiger partial charge in [0.25, 0.3) is 11.5 Å². The van der Waals surface area contributed by atoms with Gasteiger partial charge in [0.2, 0.25) is 0 Å². The molecule has 1 aliphatic heterocycles. The van der Waals surface area contributed by atoms with Crippen molar-refractivity contribution in [1.29, 1.82) is 0 Å². The summed E-state index contributed by atoms with van der Waals surface area (Å²) in [6.07, 6.45) is 2.50. The average Bonchev–Trinajstić information content (AvgIpc) is 3.31. The second-order valence-electron chi connectivity index (χ2n) is 5.87. The summed E-state index contributed by atoms with van der Waals surface area (Å²) in [5.74, 6) is -0.0630. The summed E-state index contributed by atoms with van der Waals surface area (Å²) in [5, 5.41) is 4.88. The van der Waals surface area contributed by atoms with Gasteiger partial charge in [0, 0.05) is 29.8 Å². The molecule has 0 aliphatic carbocycles. The number of nitrogens with zero attached hydrogens (tertiary/aromatic N) is 4. The van der Waals surface area contributed by atoms with Crippen molar-refractivity contribution in [2.24, 2.45) is 0 Å². The number of hydrogen-bond donors (Lipinski definition) is 1. The van der Waals surface area contributed by atoms with E-state index >= 15 is 0 Å². The summed E-state index contributed by atoms with van der Waals surface area (Å²) in [4.78, 5) is 35.3. The predicted molar refractivity (Wildman–Crippen MR) is 90.3 cm³/mol. The fourth-order valence-electron chi connectivity index (χ4n) is 3.21. The summed E-state index contributed by atoms with van der Waals surface area (Å²) in [6.45, 7) is 2.66. The number of amides is 1. The molecule has 8 heteroatoms. The Morgan fingerprint density at radius 1 is 1.46 bits per heavy atom. The van der Waals surface area contributed by atoms with E-state index in [-0.39, 0.29) is 17.5 Å². The van der Waals surface area contributed by atoms with Crippen LogP contribution in [0.4, 0.5) is 0 Å². The summed E-state index contributed by atoms with van der Waals surface area (Å²) in [7, 11) is 0. The molecule has 4 rings (SSSR count). The third kappa shape index (κ3) is 2.43. The number of hydrogen-bond acceptors (Lipinski definition) is 5. The summed E-state index contributed by atoms with van der Waals surface area (Å²) < 4.78 is 1.44. The number of fused-ring (bicyclic) bond motifs is 1. The van der Waals surface area contributed by atoms with Gasteiger partial charge in [-0.05, 0) is 19.3 Å². The number of aryl methyl sites for hydroxylation is 1. The molecule has 1 atom stereocenters. The Morgan fingerprint density at radius 2 is 2.33 bits per heavy atom. The Labute approximate surface area is 142 Å². The first kappa shape index (κ1) is 15.1. The van der Waals surface area contributed by atoms with Crippen molar-refractivity contribution in [2.75, 3.05) is 6.54 Å². The molecule has 7 nitrogen and oxygen atoms in total. The molecule has 1 saturated heterocycles. The first-order valence-electron chi connectivity index (χ1n) is 7.98. The minimum atomic E-state index is -0.126. The lowest BCUT2D eigenvalue weighted by atomic mass is 10.1. The molecule has 4 heterocycles. The highest BCUT2D eigenvalue weighted by Gasteiger charge is 2.32. The van der Waals surface area contributed by atoms with Gasteiger partial charge in [-0.1, -0.05) is 6.92 Å². The lowest BCUT2D eigenvalue weighted by molar-refractivity contribution is 0.0727. The average molecular weight is 343 g/mol. The second kappa shape index (κ2) is 5.86. The second-order valence-corrected chi connectivity index (χ2v) is 6.59. The molecule has 0 spiro atoms. The summed E-state index contributed by atoms with van der Waals surface area (Å²) in [5.41, 5.74) is 4.23. The Hall–Kier alpha value is -2.48. The van der Waals surface area contributed by atoms with E-state index in [1.165, 1.54) is 15.9 Å². The lowest BCUT2D eigenvalue weighted by Crippen LogP contribution is -2.31. The smallest absolute Gasteiger partial charge is 0.273 e. The van der Waals surface area contributed by atoms with E-state index in [0.717, 1.165) is 24.2 Å². The monoisotopic (exact) mass is 343 g/mol. The van der Waals surface area contributed by atoms with Crippen molar-refractivity contribution >= 4 is 22.9 Å². The molecule has 1 amide bonds. The zero-order valence-electron chi connectivity index (χ0n) is 13.2. The van der Waals surface area contributed by atoms with Crippen LogP contribution in [0.15, 0.2) is 27.8 Å². The van der Waals surface area contributed by atoms with Crippen LogP contribution in [0.5, 0.6) is 0 Å². The van der Waals surface area contributed by atoms with E-state index in [0.29, 0.717) is 24.3 Å². The van der Waals surface area contributed by atoms with E-state index in [1.54, 1.807) is 17.0 Å². The topological polar surface area (TPSA) is 83.4 Å². The summed E-state index contributed by atoms with van der Waals surface area (Å²) >= 11 is 1.41. The van der Waals surface area contributed by atoms with Crippen LogP contribution in [0.2, 0.25) is 0 Å². The van der Waals surface area contributed by atoms with E-state index < -0.39 is 0 Å². The highest BCUT2D eigenvalue weighted by Crippen LogP contribution is 2.32. The Kier molecular flexibility index (Phi) is 3.68. The number of aromatic nitrogens is 4. The van der Waals surface area contributed by atoms with Crippen molar-refractivity contribution in [3.05, 3.63) is 50.5 Å². The zero-order chi connectivity index (χ0) is 16.7. The van der Waals surface area contributed by atoms with Gasteiger partial charge in [-0.3, -0.25) is 14.7 Å². The Balaban J connectivity index is 1.72. The molecule has 0 saturated carbocycles. The quantitative estimate of drug-likeness (QED) is 0.788. The predicted octanol–water partition coefficient (Wildman–Crippen LogP) is 2.02. The van der Waals surface area contributed by atoms with Gasteiger partial charge in [-0.2, -0.15) is 0 Å². The van der Waals surface area contributed by atoms with Gasteiger partial charge in [0.15, 0.2) is 5.65 Å². The van der Waals surface area contributed by atoms with Crippen LogP contribution in [0, 0.1) is 0 Å². The molecule has 0 radical (unpaired) electrons. The molecule has 1 fully saturated rings. The van der Waals surface area contributed by atoms with Gasteiger partial charge >= 0.3 is 0 Å². The van der Waals surface area contributed by atoms with Crippen molar-refractivity contribution in [3.63, 3.8) is 0 Å². The molecule has 1 aliphatic rings. The number of aromatic amines is 1. The maximum Gasteiger partial charge on any atom is 0.273 e. The van der Waals surface area contributed by atoms with Crippen molar-refractivity contribution in [1.82, 2.24) is 24.5 Å². The Bertz CT molecular complexity index is 943. The van der Waals surface area contributed by atoms with Crippen molar-refractivity contribution in [3.8, 4) is 0 Å². The molecule has 1 N–H and O–H groups in total. The lowest BCUT2D eigenvalue weighted by Gasteiger charge is -2.22. The minimum absolute atomic E-state index is 0.0630. The number of rotatable bonds is 3. The number of nitrogens with one attached hydrogen (secondary N) is 1. The zero-order valence-corrected chi connectivity index (χ0v) is 14.0. The van der Waals surface area contributed by atoms with Crippen LogP contribution in [0.1, 0.15) is 47.7 Å². The number of likely N-dealkylation sites (tertiary alicyclic amines) is 1. The van der Waals surface area contributed by atoms with Crippen LogP contribution in [-0.2, 0) is 6.42 Å². The van der Waals surface area contributed by atoms with Gasteiger partial charge in [0.05, 0.1) is 17.2 Å². The van der Waals surface area contributed by atoms with Gasteiger partial charge < -0.3 is 4.90 Å². The van der Waals surface area contributed by atoms with Crippen LogP contribution >= 0.6 is 11.3 Å². The number of H-pyrrole nitrogens is 1. The van der Waals surface area contributed by atoms with Crippen LogP contribution in [-0.4, -0.2) is 36.9 Å². The number of thiazole rings is 1. The number of carbonyl (C=O) groups is 1. The fraction of sp³-hybridized carbons (Fsp3) is 0.375. The third-order valence-electron chi connectivity index (χ3n) is 4.41. The minimum Gasteiger partial charge on any atom is -0.329 e. The molecule has 3 aromatic rings. The van der Waals surface area contributed by atoms with E-state index in [1.807, 2.05) is 17.9 Å². The normalized spacial score (nSPS) is 17.7. The summed E-state index contributed by atoms with van der Waals surface area (Å²) in [6, 6.07) is 3.34. The van der Waals surface area contributed by atoms with Crippen molar-refractivity contribution < 1.29 is 4.79 Å². The van der Waals surface area contributed by atoms with E-state index in [4.69, 9.17) is 0 Å². The SMILES string of the molecule is CCc1cc(=O)n2[nH]c(C3CCCN3C(=O)c3cscn3)cc2n1. The van der Waals surface area contributed by atoms with Gasteiger partial charge in [-0.15, -0.1) is 11.3 Å². The molecule has 0 aromatic carbocycles. The van der Waals surface area contributed by atoms with Crippen LogP contribution in [0.3, 0.4) is 0 Å². The fourth-order valence-corrected chi connectivity index (χ4v) is 3.74. The maximum absolute atomic E-state index is 12.6. The molecule has 1 unspecified atom stereocenters. The molecule has 124 valence electrons. The first-order chi connectivity index (χ1) is 11.7. The van der Waals surface area contributed by atoms with E-state index in [9.17, 15) is 9.59 Å². The van der Waals surface area contributed by atoms with Gasteiger partial charge in [-0.25, -0.2) is 14.5 Å². The van der Waals surface area contributed by atoms with Crippen LogP contribution in [0.25, 0.3) is 5.65 Å². The maximum atomic E-state index is 12.6. The number of carbonyl (C=O) groups excluding carboxylic acids is 1. The standard InChI is InChI=1S/C16H17N5O2S/c1-2-10-6-15(22)21-14(18-10)7-11(19-21)13-4-3-5-20(13)16(23)12-8-24-9-17-12/h6-9,13,19H,2-5H2,1H3. The molecular formula is C16H17N5O2S. The van der Waals surface area contributed by atoms with Gasteiger partial charge in [0.1, 0.15) is 5.69 Å². The third-order valence-corrected chi connectivity index (χ3v) is 5.00. The highest BCUT2D eigenvalue weighted by molar-refractivity contribution is 7.07. The van der Waals surface area contributed by atoms with Crippen LogP contribution < -0.4 is 5.56 Å². The van der Waals surface area contributed by atoms with Crippen molar-refractivity contribution in [2.45, 2.75) is 32.2 Å². The van der Waals surface area contributed by atoms with E-state index in [2.05, 4.69) is 15.1 Å². The Morgan fingerprint density at radius 3 is 3.08 bits per heavy atom. The largest absolute Gasteiger partial charge is 0.329 e. The molecule has 3 aromatic heterocycles. The highest BCUT2D eigenvalue weighted by atomic mass is 32.1. The molecule has 24 heavy (non-hydrogen) atoms. The first-order valence-corrected chi connectivity index (χ1v) is 8.92. The molecular weight excluding hydrogens is 326 g/mol.